The lowest BCUT2D eigenvalue weighted by Gasteiger charge is -2.47. The highest BCUT2D eigenvalue weighted by Gasteiger charge is 2.52. The van der Waals surface area contributed by atoms with Crippen LogP contribution in [0.4, 0.5) is 4.39 Å². The lowest BCUT2D eigenvalue weighted by atomic mass is 9.83. The minimum atomic E-state index is -1.27. The summed E-state index contributed by atoms with van der Waals surface area (Å²) in [6, 6.07) is 25.7. The average molecular weight is 510 g/mol. The van der Waals surface area contributed by atoms with Crippen LogP contribution in [0, 0.1) is 5.82 Å². The molecule has 6 heteroatoms. The molecule has 0 bridgehead atoms. The van der Waals surface area contributed by atoms with Gasteiger partial charge in [0, 0.05) is 23.5 Å². The molecule has 1 N–H and O–H groups in total. The Balaban J connectivity index is 1.52. The summed E-state index contributed by atoms with van der Waals surface area (Å²) in [7, 11) is 0. The van der Waals surface area contributed by atoms with Crippen LogP contribution in [0.1, 0.15) is 60.1 Å². The highest BCUT2D eigenvalue weighted by molar-refractivity contribution is 6.04. The predicted molar refractivity (Wildman–Crippen MR) is 146 cm³/mol. The van der Waals surface area contributed by atoms with Crippen LogP contribution in [0.2, 0.25) is 0 Å². The highest BCUT2D eigenvalue weighted by Crippen LogP contribution is 2.40. The number of rotatable bonds is 5. The Hall–Kier alpha value is -3.93. The van der Waals surface area contributed by atoms with Crippen LogP contribution in [0.3, 0.4) is 0 Å². The van der Waals surface area contributed by atoms with Crippen molar-refractivity contribution >= 4 is 22.7 Å². The fourth-order valence-corrected chi connectivity index (χ4v) is 6.18. The average Bonchev–Trinajstić information content (AvgIpc) is 3.11. The van der Waals surface area contributed by atoms with Crippen LogP contribution in [0.25, 0.3) is 10.9 Å². The van der Waals surface area contributed by atoms with Crippen molar-refractivity contribution < 1.29 is 14.0 Å². The van der Waals surface area contributed by atoms with Gasteiger partial charge in [-0.3, -0.25) is 9.59 Å². The van der Waals surface area contributed by atoms with Crippen molar-refractivity contribution in [3.63, 3.8) is 0 Å². The number of fused-ring (bicyclic) bond motifs is 3. The Kier molecular flexibility index (Phi) is 6.48. The Bertz CT molecular complexity index is 1460. The van der Waals surface area contributed by atoms with Crippen molar-refractivity contribution in [2.24, 2.45) is 0 Å². The standard InChI is InChI=1S/C32H32FN3O2/c33-26-18-16-23(17-19-26)21-36-30(37)29-20-24-10-8-9-15-28(24)35(29)22-32(36,25-11-4-3-5-12-25)31(38)34-27-13-6-1-2-7-14-27/h3-5,8-12,15-20,27H,1-2,6-7,13-14,21-22H2,(H,34,38). The molecule has 5 nitrogen and oxygen atoms in total. The van der Waals surface area contributed by atoms with Crippen molar-refractivity contribution in [2.45, 2.75) is 63.2 Å². The summed E-state index contributed by atoms with van der Waals surface area (Å²) >= 11 is 0. The Morgan fingerprint density at radius 2 is 1.58 bits per heavy atom. The fourth-order valence-electron chi connectivity index (χ4n) is 6.18. The molecule has 1 saturated carbocycles. The molecule has 38 heavy (non-hydrogen) atoms. The Morgan fingerprint density at radius 3 is 2.32 bits per heavy atom. The summed E-state index contributed by atoms with van der Waals surface area (Å²) in [6.07, 6.45) is 6.44. The van der Waals surface area contributed by atoms with E-state index in [2.05, 4.69) is 5.32 Å². The third kappa shape index (κ3) is 4.28. The van der Waals surface area contributed by atoms with E-state index in [1.807, 2.05) is 65.2 Å². The first-order valence-electron chi connectivity index (χ1n) is 13.6. The Morgan fingerprint density at radius 1 is 0.895 bits per heavy atom. The summed E-state index contributed by atoms with van der Waals surface area (Å²) in [5, 5.41) is 4.34. The normalized spacial score (nSPS) is 20.2. The lowest BCUT2D eigenvalue weighted by molar-refractivity contribution is -0.136. The largest absolute Gasteiger partial charge is 0.351 e. The van der Waals surface area contributed by atoms with E-state index in [1.165, 1.54) is 25.0 Å². The van der Waals surface area contributed by atoms with Gasteiger partial charge in [-0.2, -0.15) is 0 Å². The van der Waals surface area contributed by atoms with Crippen molar-refractivity contribution in [3.8, 4) is 0 Å². The van der Waals surface area contributed by atoms with Gasteiger partial charge >= 0.3 is 0 Å². The van der Waals surface area contributed by atoms with Crippen LogP contribution in [0.15, 0.2) is 84.9 Å². The molecule has 1 aliphatic heterocycles. The van der Waals surface area contributed by atoms with E-state index in [0.29, 0.717) is 12.2 Å². The number of carbonyl (C=O) groups is 2. The van der Waals surface area contributed by atoms with Crippen LogP contribution in [-0.2, 0) is 23.4 Å². The van der Waals surface area contributed by atoms with E-state index in [1.54, 1.807) is 17.0 Å². The van der Waals surface area contributed by atoms with Crippen LogP contribution < -0.4 is 5.32 Å². The van der Waals surface area contributed by atoms with Gasteiger partial charge in [-0.15, -0.1) is 0 Å². The number of hydrogen-bond donors (Lipinski definition) is 1. The molecule has 3 aromatic carbocycles. The number of halogens is 1. The van der Waals surface area contributed by atoms with Gasteiger partial charge in [0.25, 0.3) is 11.8 Å². The first-order valence-corrected chi connectivity index (χ1v) is 13.6. The Labute approximate surface area is 222 Å². The molecular formula is C32H32FN3O2. The van der Waals surface area contributed by atoms with Gasteiger partial charge in [0.1, 0.15) is 11.5 Å². The van der Waals surface area contributed by atoms with E-state index >= 15 is 0 Å². The van der Waals surface area contributed by atoms with Crippen molar-refractivity contribution in [3.05, 3.63) is 108 Å². The predicted octanol–water partition coefficient (Wildman–Crippen LogP) is 6.17. The minimum absolute atomic E-state index is 0.0798. The van der Waals surface area contributed by atoms with Gasteiger partial charge in [-0.1, -0.05) is 86.3 Å². The van der Waals surface area contributed by atoms with E-state index in [-0.39, 0.29) is 30.2 Å². The molecule has 6 rings (SSSR count). The van der Waals surface area contributed by atoms with Crippen molar-refractivity contribution in [1.82, 2.24) is 14.8 Å². The molecule has 2 amide bonds. The zero-order chi connectivity index (χ0) is 26.1. The quantitative estimate of drug-likeness (QED) is 0.327. The second-order valence-corrected chi connectivity index (χ2v) is 10.6. The molecule has 1 unspecified atom stereocenters. The second kappa shape index (κ2) is 10.1. The topological polar surface area (TPSA) is 54.3 Å². The summed E-state index contributed by atoms with van der Waals surface area (Å²) < 4.78 is 15.7. The molecule has 4 aromatic rings. The van der Waals surface area contributed by atoms with E-state index in [9.17, 15) is 14.0 Å². The number of carbonyl (C=O) groups excluding carboxylic acids is 2. The van der Waals surface area contributed by atoms with Gasteiger partial charge in [-0.05, 0) is 48.2 Å². The summed E-state index contributed by atoms with van der Waals surface area (Å²) in [5.41, 5.74) is 1.76. The lowest BCUT2D eigenvalue weighted by Crippen LogP contribution is -2.63. The summed E-state index contributed by atoms with van der Waals surface area (Å²) in [4.78, 5) is 30.6. The van der Waals surface area contributed by atoms with Gasteiger partial charge < -0.3 is 14.8 Å². The maximum atomic E-state index is 14.6. The molecule has 1 aliphatic carbocycles. The third-order valence-electron chi connectivity index (χ3n) is 8.19. The van der Waals surface area contributed by atoms with Crippen LogP contribution in [-0.4, -0.2) is 27.3 Å². The zero-order valence-electron chi connectivity index (χ0n) is 21.4. The molecule has 1 atom stereocenters. The van der Waals surface area contributed by atoms with Gasteiger partial charge in [0.15, 0.2) is 5.54 Å². The molecule has 0 saturated heterocycles. The smallest absolute Gasteiger partial charge is 0.272 e. The van der Waals surface area contributed by atoms with Gasteiger partial charge in [-0.25, -0.2) is 4.39 Å². The van der Waals surface area contributed by atoms with Gasteiger partial charge in [0.2, 0.25) is 0 Å². The van der Waals surface area contributed by atoms with E-state index in [0.717, 1.165) is 47.7 Å². The van der Waals surface area contributed by atoms with Crippen molar-refractivity contribution in [1.29, 1.82) is 0 Å². The number of benzene rings is 3. The molecule has 1 aromatic heterocycles. The number of aromatic nitrogens is 1. The first-order chi connectivity index (χ1) is 18.6. The molecule has 1 fully saturated rings. The molecular weight excluding hydrogens is 477 g/mol. The molecule has 0 spiro atoms. The zero-order valence-corrected chi connectivity index (χ0v) is 21.4. The molecule has 194 valence electrons. The number of hydrogen-bond acceptors (Lipinski definition) is 2. The van der Waals surface area contributed by atoms with Crippen molar-refractivity contribution in [2.75, 3.05) is 0 Å². The summed E-state index contributed by atoms with van der Waals surface area (Å²) in [5.74, 6) is -0.703. The van der Waals surface area contributed by atoms with Crippen LogP contribution >= 0.6 is 0 Å². The van der Waals surface area contributed by atoms with Crippen LogP contribution in [0.5, 0.6) is 0 Å². The molecule has 2 heterocycles. The SMILES string of the molecule is O=C1c2cc3ccccc3n2CC(C(=O)NC2CCCCCC2)(c2ccccc2)N1Cc1ccc(F)cc1. The van der Waals surface area contributed by atoms with Gasteiger partial charge in [0.05, 0.1) is 6.54 Å². The number of nitrogens with one attached hydrogen (secondary N) is 1. The number of para-hydroxylation sites is 1. The minimum Gasteiger partial charge on any atom is -0.351 e. The molecule has 0 radical (unpaired) electrons. The second-order valence-electron chi connectivity index (χ2n) is 10.6. The fraction of sp³-hybridized carbons (Fsp3) is 0.312. The first kappa shape index (κ1) is 24.4. The number of amides is 2. The maximum absolute atomic E-state index is 14.6. The highest BCUT2D eigenvalue weighted by atomic mass is 19.1. The third-order valence-corrected chi connectivity index (χ3v) is 8.19. The molecule has 2 aliphatic rings. The monoisotopic (exact) mass is 509 g/mol. The maximum Gasteiger partial charge on any atom is 0.272 e. The van der Waals surface area contributed by atoms with E-state index in [4.69, 9.17) is 0 Å². The number of nitrogens with zero attached hydrogens (tertiary/aromatic N) is 2. The summed E-state index contributed by atoms with van der Waals surface area (Å²) in [6.45, 7) is 0.485. The van der Waals surface area contributed by atoms with E-state index < -0.39 is 5.54 Å².